The van der Waals surface area contributed by atoms with Crippen molar-refractivity contribution in [2.45, 2.75) is 13.1 Å². The summed E-state index contributed by atoms with van der Waals surface area (Å²) in [7, 11) is 0. The summed E-state index contributed by atoms with van der Waals surface area (Å²) >= 11 is 6.53. The SMILES string of the molecule is Cc1nn(-c2ccc(F)cc2)c(Cl)c1C1NC(=O)c2ccccc2N1. The van der Waals surface area contributed by atoms with E-state index >= 15 is 0 Å². The van der Waals surface area contributed by atoms with Gasteiger partial charge in [0, 0.05) is 5.69 Å². The fourth-order valence-electron chi connectivity index (χ4n) is 2.94. The van der Waals surface area contributed by atoms with Gasteiger partial charge in [-0.15, -0.1) is 0 Å². The topological polar surface area (TPSA) is 59.0 Å². The van der Waals surface area contributed by atoms with Crippen LogP contribution in [0.15, 0.2) is 48.5 Å². The molecule has 0 radical (unpaired) electrons. The lowest BCUT2D eigenvalue weighted by Crippen LogP contribution is -2.38. The highest BCUT2D eigenvalue weighted by atomic mass is 35.5. The molecule has 126 valence electrons. The van der Waals surface area contributed by atoms with Crippen molar-refractivity contribution < 1.29 is 9.18 Å². The van der Waals surface area contributed by atoms with Crippen molar-refractivity contribution in [3.05, 3.63) is 76.3 Å². The van der Waals surface area contributed by atoms with Gasteiger partial charge in [0.2, 0.25) is 0 Å². The van der Waals surface area contributed by atoms with Crippen LogP contribution >= 0.6 is 11.6 Å². The van der Waals surface area contributed by atoms with Crippen molar-refractivity contribution in [3.8, 4) is 5.69 Å². The largest absolute Gasteiger partial charge is 0.361 e. The first-order valence-corrected chi connectivity index (χ1v) is 8.10. The van der Waals surface area contributed by atoms with E-state index in [-0.39, 0.29) is 11.7 Å². The van der Waals surface area contributed by atoms with Gasteiger partial charge < -0.3 is 10.6 Å². The molecule has 0 saturated carbocycles. The summed E-state index contributed by atoms with van der Waals surface area (Å²) in [5, 5.41) is 11.0. The van der Waals surface area contributed by atoms with Gasteiger partial charge >= 0.3 is 0 Å². The zero-order valence-corrected chi connectivity index (χ0v) is 14.0. The van der Waals surface area contributed by atoms with Crippen LogP contribution in [0.5, 0.6) is 0 Å². The molecule has 1 aliphatic rings. The lowest BCUT2D eigenvalue weighted by Gasteiger charge is -2.27. The third-order valence-electron chi connectivity index (χ3n) is 4.15. The average Bonchev–Trinajstić information content (AvgIpc) is 2.90. The maximum Gasteiger partial charge on any atom is 0.255 e. The molecule has 25 heavy (non-hydrogen) atoms. The summed E-state index contributed by atoms with van der Waals surface area (Å²) in [5.74, 6) is -0.508. The zero-order chi connectivity index (χ0) is 17.6. The van der Waals surface area contributed by atoms with Crippen LogP contribution < -0.4 is 10.6 Å². The molecule has 4 rings (SSSR count). The Hall–Kier alpha value is -2.86. The molecular weight excluding hydrogens is 343 g/mol. The number of amides is 1. The Kier molecular flexibility index (Phi) is 3.69. The number of para-hydroxylation sites is 1. The van der Waals surface area contributed by atoms with E-state index in [4.69, 9.17) is 11.6 Å². The van der Waals surface area contributed by atoms with E-state index in [1.165, 1.54) is 16.8 Å². The predicted molar refractivity (Wildman–Crippen MR) is 93.5 cm³/mol. The van der Waals surface area contributed by atoms with Gasteiger partial charge in [0.05, 0.1) is 22.5 Å². The Morgan fingerprint density at radius 1 is 1.12 bits per heavy atom. The number of rotatable bonds is 2. The summed E-state index contributed by atoms with van der Waals surface area (Å²) in [4.78, 5) is 12.3. The van der Waals surface area contributed by atoms with E-state index in [2.05, 4.69) is 15.7 Å². The molecule has 0 saturated heterocycles. The predicted octanol–water partition coefficient (Wildman–Crippen LogP) is 3.83. The van der Waals surface area contributed by atoms with E-state index in [1.54, 1.807) is 18.2 Å². The number of nitrogens with one attached hydrogen (secondary N) is 2. The van der Waals surface area contributed by atoms with Crippen LogP contribution in [0.1, 0.15) is 27.8 Å². The Morgan fingerprint density at radius 3 is 2.60 bits per heavy atom. The Labute approximate surface area is 148 Å². The molecular formula is C18H14ClFN4O. The van der Waals surface area contributed by atoms with E-state index in [1.807, 2.05) is 25.1 Å². The van der Waals surface area contributed by atoms with Crippen molar-refractivity contribution in [2.75, 3.05) is 5.32 Å². The first-order valence-electron chi connectivity index (χ1n) is 7.72. The second-order valence-corrected chi connectivity index (χ2v) is 6.13. The Balaban J connectivity index is 1.75. The number of aromatic nitrogens is 2. The lowest BCUT2D eigenvalue weighted by atomic mass is 10.1. The summed E-state index contributed by atoms with van der Waals surface area (Å²) in [5.41, 5.74) is 3.31. The number of hydrogen-bond acceptors (Lipinski definition) is 3. The minimum Gasteiger partial charge on any atom is -0.361 e. The fourth-order valence-corrected chi connectivity index (χ4v) is 3.33. The quantitative estimate of drug-likeness (QED) is 0.733. The molecule has 0 spiro atoms. The second-order valence-electron chi connectivity index (χ2n) is 5.77. The van der Waals surface area contributed by atoms with Crippen LogP contribution in [0.2, 0.25) is 5.15 Å². The Bertz CT molecular complexity index is 968. The van der Waals surface area contributed by atoms with E-state index in [0.29, 0.717) is 27.7 Å². The molecule has 1 aromatic heterocycles. The summed E-state index contributed by atoms with van der Waals surface area (Å²) in [6.07, 6.45) is -0.496. The number of fused-ring (bicyclic) bond motifs is 1. The molecule has 5 nitrogen and oxygen atoms in total. The van der Waals surface area contributed by atoms with Crippen LogP contribution in [-0.4, -0.2) is 15.7 Å². The molecule has 0 aliphatic carbocycles. The van der Waals surface area contributed by atoms with Crippen LogP contribution in [0.4, 0.5) is 10.1 Å². The van der Waals surface area contributed by atoms with Gasteiger partial charge in [-0.3, -0.25) is 4.79 Å². The van der Waals surface area contributed by atoms with Gasteiger partial charge in [0.15, 0.2) is 0 Å². The first-order chi connectivity index (χ1) is 12.0. The molecule has 2 heterocycles. The van der Waals surface area contributed by atoms with Gasteiger partial charge in [-0.25, -0.2) is 9.07 Å². The third kappa shape index (κ3) is 2.64. The molecule has 1 amide bonds. The summed E-state index contributed by atoms with van der Waals surface area (Å²) < 4.78 is 14.7. The first kappa shape index (κ1) is 15.7. The number of aryl methyl sites for hydroxylation is 1. The van der Waals surface area contributed by atoms with E-state index in [9.17, 15) is 9.18 Å². The van der Waals surface area contributed by atoms with Crippen LogP contribution in [-0.2, 0) is 0 Å². The van der Waals surface area contributed by atoms with Gasteiger partial charge in [-0.2, -0.15) is 5.10 Å². The number of carbonyl (C=O) groups is 1. The highest BCUT2D eigenvalue weighted by Gasteiger charge is 2.29. The van der Waals surface area contributed by atoms with Crippen molar-refractivity contribution in [1.29, 1.82) is 0 Å². The zero-order valence-electron chi connectivity index (χ0n) is 13.3. The van der Waals surface area contributed by atoms with Gasteiger partial charge in [0.1, 0.15) is 17.1 Å². The number of halogens is 2. The average molecular weight is 357 g/mol. The molecule has 1 aliphatic heterocycles. The number of nitrogens with zero attached hydrogens (tertiary/aromatic N) is 2. The van der Waals surface area contributed by atoms with Crippen molar-refractivity contribution in [2.24, 2.45) is 0 Å². The molecule has 1 unspecified atom stereocenters. The number of hydrogen-bond donors (Lipinski definition) is 2. The highest BCUT2D eigenvalue weighted by molar-refractivity contribution is 6.30. The van der Waals surface area contributed by atoms with Gasteiger partial charge in [-0.05, 0) is 43.3 Å². The molecule has 2 aromatic carbocycles. The van der Waals surface area contributed by atoms with E-state index < -0.39 is 6.17 Å². The minimum absolute atomic E-state index is 0.177. The number of anilines is 1. The fraction of sp³-hybridized carbons (Fsp3) is 0.111. The summed E-state index contributed by atoms with van der Waals surface area (Å²) in [6.45, 7) is 1.82. The normalized spacial score (nSPS) is 16.1. The maximum atomic E-state index is 13.1. The molecule has 7 heteroatoms. The Morgan fingerprint density at radius 2 is 1.84 bits per heavy atom. The second kappa shape index (κ2) is 5.89. The third-order valence-corrected chi connectivity index (χ3v) is 4.52. The summed E-state index contributed by atoms with van der Waals surface area (Å²) in [6, 6.07) is 13.2. The maximum absolute atomic E-state index is 13.1. The van der Waals surface area contributed by atoms with Gasteiger partial charge in [0.25, 0.3) is 5.91 Å². The van der Waals surface area contributed by atoms with Crippen LogP contribution in [0.3, 0.4) is 0 Å². The lowest BCUT2D eigenvalue weighted by molar-refractivity contribution is 0.0935. The smallest absolute Gasteiger partial charge is 0.255 e. The van der Waals surface area contributed by atoms with Crippen molar-refractivity contribution in [3.63, 3.8) is 0 Å². The van der Waals surface area contributed by atoms with Gasteiger partial charge in [-0.1, -0.05) is 23.7 Å². The number of benzene rings is 2. The van der Waals surface area contributed by atoms with Crippen molar-refractivity contribution >= 4 is 23.2 Å². The molecule has 0 bridgehead atoms. The van der Waals surface area contributed by atoms with Crippen LogP contribution in [0, 0.1) is 12.7 Å². The molecule has 1 atom stereocenters. The molecule has 3 aromatic rings. The molecule has 0 fully saturated rings. The van der Waals surface area contributed by atoms with Crippen molar-refractivity contribution in [1.82, 2.24) is 15.1 Å². The molecule has 2 N–H and O–H groups in total. The number of carbonyl (C=O) groups excluding carboxylic acids is 1. The van der Waals surface area contributed by atoms with E-state index in [0.717, 1.165) is 5.69 Å². The minimum atomic E-state index is -0.496. The standard InChI is InChI=1S/C18H14ClFN4O/c1-10-15(16(19)24(23-10)12-8-6-11(20)7-9-12)17-21-14-5-3-2-4-13(14)18(25)22-17/h2-9,17,21H,1H3,(H,22,25). The monoisotopic (exact) mass is 356 g/mol. The highest BCUT2D eigenvalue weighted by Crippen LogP contribution is 2.33. The van der Waals surface area contributed by atoms with Crippen LogP contribution in [0.25, 0.3) is 5.69 Å².